The van der Waals surface area contributed by atoms with Gasteiger partial charge in [0.05, 0.1) is 0 Å². The third-order valence-electron chi connectivity index (χ3n) is 5.75. The fourth-order valence-electron chi connectivity index (χ4n) is 4.68. The minimum Gasteiger partial charge on any atom is -0.329 e. The number of rotatable bonds is 5. The zero-order valence-electron chi connectivity index (χ0n) is 14.0. The van der Waals surface area contributed by atoms with Gasteiger partial charge in [-0.25, -0.2) is 0 Å². The van der Waals surface area contributed by atoms with Gasteiger partial charge in [0, 0.05) is 18.6 Å². The molecule has 2 aliphatic rings. The second-order valence-electron chi connectivity index (χ2n) is 7.74. The highest BCUT2D eigenvalue weighted by molar-refractivity contribution is 4.89. The lowest BCUT2D eigenvalue weighted by molar-refractivity contribution is 0.0386. The van der Waals surface area contributed by atoms with E-state index >= 15 is 0 Å². The Morgan fingerprint density at radius 1 is 1.10 bits per heavy atom. The van der Waals surface area contributed by atoms with E-state index < -0.39 is 0 Å². The van der Waals surface area contributed by atoms with Crippen molar-refractivity contribution >= 4 is 0 Å². The van der Waals surface area contributed by atoms with Crippen molar-refractivity contribution < 1.29 is 0 Å². The molecule has 1 aliphatic heterocycles. The Morgan fingerprint density at radius 3 is 2.55 bits per heavy atom. The van der Waals surface area contributed by atoms with Crippen LogP contribution in [0, 0.1) is 17.8 Å². The molecule has 0 aromatic heterocycles. The Kier molecular flexibility index (Phi) is 6.35. The average molecular weight is 280 g/mol. The Hall–Kier alpha value is -0.0800. The fourth-order valence-corrected chi connectivity index (χ4v) is 4.68. The van der Waals surface area contributed by atoms with E-state index in [1.54, 1.807) is 0 Å². The molecule has 1 aliphatic carbocycles. The standard InChI is InChI=1S/C18H36N2/c1-4-15-8-9-20(18(11-15)13-19)17-7-5-6-16(12-17)10-14(2)3/h14-18H,4-13,19H2,1-3H3. The van der Waals surface area contributed by atoms with Gasteiger partial charge in [-0.05, 0) is 56.4 Å². The van der Waals surface area contributed by atoms with Gasteiger partial charge in [-0.15, -0.1) is 0 Å². The molecule has 0 aromatic rings. The fraction of sp³-hybridized carbons (Fsp3) is 1.00. The van der Waals surface area contributed by atoms with E-state index in [4.69, 9.17) is 5.73 Å². The highest BCUT2D eigenvalue weighted by Gasteiger charge is 2.34. The molecule has 0 aromatic carbocycles. The van der Waals surface area contributed by atoms with Crippen LogP contribution >= 0.6 is 0 Å². The molecule has 20 heavy (non-hydrogen) atoms. The summed E-state index contributed by atoms with van der Waals surface area (Å²) in [5.74, 6) is 2.75. The largest absolute Gasteiger partial charge is 0.329 e. The first kappa shape index (κ1) is 16.3. The van der Waals surface area contributed by atoms with Gasteiger partial charge in [-0.2, -0.15) is 0 Å². The average Bonchev–Trinajstić information content (AvgIpc) is 2.46. The minimum absolute atomic E-state index is 0.663. The van der Waals surface area contributed by atoms with Gasteiger partial charge in [0.25, 0.3) is 0 Å². The van der Waals surface area contributed by atoms with E-state index in [0.717, 1.165) is 30.3 Å². The SMILES string of the molecule is CCC1CCN(C2CCCC(CC(C)C)C2)C(CN)C1. The number of piperidine rings is 1. The van der Waals surface area contributed by atoms with Crippen molar-refractivity contribution in [3.05, 3.63) is 0 Å². The quantitative estimate of drug-likeness (QED) is 0.823. The summed E-state index contributed by atoms with van der Waals surface area (Å²) in [6, 6.07) is 1.50. The van der Waals surface area contributed by atoms with E-state index in [1.165, 1.54) is 57.9 Å². The van der Waals surface area contributed by atoms with Crippen molar-refractivity contribution in [3.63, 3.8) is 0 Å². The monoisotopic (exact) mass is 280 g/mol. The smallest absolute Gasteiger partial charge is 0.0223 e. The molecule has 1 saturated heterocycles. The number of nitrogens with two attached hydrogens (primary N) is 1. The lowest BCUT2D eigenvalue weighted by atomic mass is 9.78. The normalized spacial score (nSPS) is 36.5. The molecule has 2 nitrogen and oxygen atoms in total. The zero-order valence-corrected chi connectivity index (χ0v) is 14.0. The van der Waals surface area contributed by atoms with Gasteiger partial charge >= 0.3 is 0 Å². The summed E-state index contributed by atoms with van der Waals surface area (Å²) < 4.78 is 0. The van der Waals surface area contributed by atoms with E-state index in [2.05, 4.69) is 25.7 Å². The summed E-state index contributed by atoms with van der Waals surface area (Å²) >= 11 is 0. The molecule has 0 radical (unpaired) electrons. The van der Waals surface area contributed by atoms with Crippen LogP contribution in [0.2, 0.25) is 0 Å². The van der Waals surface area contributed by atoms with Crippen LogP contribution in [-0.4, -0.2) is 30.1 Å². The molecule has 2 rings (SSSR count). The van der Waals surface area contributed by atoms with Gasteiger partial charge in [-0.1, -0.05) is 40.0 Å². The predicted octanol–water partition coefficient (Wildman–Crippen LogP) is 4.04. The Balaban J connectivity index is 1.92. The topological polar surface area (TPSA) is 29.3 Å². The van der Waals surface area contributed by atoms with Crippen molar-refractivity contribution in [1.82, 2.24) is 4.90 Å². The first-order valence-corrected chi connectivity index (χ1v) is 9.09. The van der Waals surface area contributed by atoms with Crippen LogP contribution in [0.5, 0.6) is 0 Å². The van der Waals surface area contributed by atoms with Crippen LogP contribution < -0.4 is 5.73 Å². The molecule has 1 saturated carbocycles. The van der Waals surface area contributed by atoms with Crippen molar-refractivity contribution in [2.24, 2.45) is 23.5 Å². The number of hydrogen-bond donors (Lipinski definition) is 1. The predicted molar refractivity (Wildman–Crippen MR) is 87.8 cm³/mol. The van der Waals surface area contributed by atoms with Crippen molar-refractivity contribution in [2.75, 3.05) is 13.1 Å². The van der Waals surface area contributed by atoms with Crippen LogP contribution in [0.1, 0.15) is 72.1 Å². The van der Waals surface area contributed by atoms with Gasteiger partial charge in [-0.3, -0.25) is 4.90 Å². The molecular weight excluding hydrogens is 244 g/mol. The van der Waals surface area contributed by atoms with E-state index in [1.807, 2.05) is 0 Å². The van der Waals surface area contributed by atoms with E-state index in [-0.39, 0.29) is 0 Å². The molecule has 0 amide bonds. The summed E-state index contributed by atoms with van der Waals surface area (Å²) in [4.78, 5) is 2.80. The third-order valence-corrected chi connectivity index (χ3v) is 5.75. The summed E-state index contributed by atoms with van der Waals surface area (Å²) in [6.07, 6.45) is 11.3. The van der Waals surface area contributed by atoms with Crippen molar-refractivity contribution in [3.8, 4) is 0 Å². The minimum atomic E-state index is 0.663. The van der Waals surface area contributed by atoms with Crippen LogP contribution in [0.3, 0.4) is 0 Å². The zero-order chi connectivity index (χ0) is 14.5. The van der Waals surface area contributed by atoms with Crippen LogP contribution in [0.25, 0.3) is 0 Å². The second-order valence-corrected chi connectivity index (χ2v) is 7.74. The van der Waals surface area contributed by atoms with Crippen LogP contribution in [0.15, 0.2) is 0 Å². The van der Waals surface area contributed by atoms with Gasteiger partial charge in [0.15, 0.2) is 0 Å². The molecule has 4 atom stereocenters. The van der Waals surface area contributed by atoms with Crippen molar-refractivity contribution in [2.45, 2.75) is 84.2 Å². The number of hydrogen-bond acceptors (Lipinski definition) is 2. The summed E-state index contributed by atoms with van der Waals surface area (Å²) in [7, 11) is 0. The maximum Gasteiger partial charge on any atom is 0.0223 e. The molecule has 0 spiro atoms. The lowest BCUT2D eigenvalue weighted by Gasteiger charge is -2.46. The highest BCUT2D eigenvalue weighted by atomic mass is 15.2. The van der Waals surface area contributed by atoms with Gasteiger partial charge < -0.3 is 5.73 Å². The maximum absolute atomic E-state index is 6.09. The first-order chi connectivity index (χ1) is 9.63. The van der Waals surface area contributed by atoms with Crippen LogP contribution in [0.4, 0.5) is 0 Å². The third kappa shape index (κ3) is 4.21. The number of nitrogens with zero attached hydrogens (tertiary/aromatic N) is 1. The molecule has 2 fully saturated rings. The van der Waals surface area contributed by atoms with Crippen molar-refractivity contribution in [1.29, 1.82) is 0 Å². The first-order valence-electron chi connectivity index (χ1n) is 9.09. The molecule has 1 heterocycles. The summed E-state index contributed by atoms with van der Waals surface area (Å²) in [6.45, 7) is 9.26. The summed E-state index contributed by atoms with van der Waals surface area (Å²) in [5, 5.41) is 0. The van der Waals surface area contributed by atoms with E-state index in [9.17, 15) is 0 Å². The molecule has 2 heteroatoms. The molecule has 118 valence electrons. The summed E-state index contributed by atoms with van der Waals surface area (Å²) in [5.41, 5.74) is 6.09. The molecule has 4 unspecified atom stereocenters. The number of likely N-dealkylation sites (tertiary alicyclic amines) is 1. The Bertz CT molecular complexity index is 277. The maximum atomic E-state index is 6.09. The van der Waals surface area contributed by atoms with Gasteiger partial charge in [0.2, 0.25) is 0 Å². The Labute approximate surface area is 126 Å². The van der Waals surface area contributed by atoms with E-state index in [0.29, 0.717) is 6.04 Å². The Morgan fingerprint density at radius 2 is 1.90 bits per heavy atom. The highest BCUT2D eigenvalue weighted by Crippen LogP contribution is 2.35. The van der Waals surface area contributed by atoms with Crippen LogP contribution in [-0.2, 0) is 0 Å². The molecular formula is C18H36N2. The second kappa shape index (κ2) is 7.79. The molecule has 2 N–H and O–H groups in total. The molecule has 0 bridgehead atoms. The van der Waals surface area contributed by atoms with Gasteiger partial charge in [0.1, 0.15) is 0 Å². The lowest BCUT2D eigenvalue weighted by Crippen LogP contribution is -2.52.